The Morgan fingerprint density at radius 2 is 1.76 bits per heavy atom. The van der Waals surface area contributed by atoms with Gasteiger partial charge in [0.2, 0.25) is 11.8 Å². The van der Waals surface area contributed by atoms with E-state index in [1.807, 2.05) is 61.2 Å². The topological polar surface area (TPSA) is 61.9 Å². The summed E-state index contributed by atoms with van der Waals surface area (Å²) in [6, 6.07) is 22.2. The number of benzene rings is 3. The molecule has 6 rings (SSSR count). The van der Waals surface area contributed by atoms with Gasteiger partial charge in [0.25, 0.3) is 0 Å². The van der Waals surface area contributed by atoms with E-state index in [9.17, 15) is 9.59 Å². The first-order valence-electron chi connectivity index (χ1n) is 16.3. The van der Waals surface area contributed by atoms with Crippen molar-refractivity contribution < 1.29 is 14.3 Å². The first kappa shape index (κ1) is 31.9. The third kappa shape index (κ3) is 7.03. The van der Waals surface area contributed by atoms with E-state index in [4.69, 9.17) is 27.9 Å². The van der Waals surface area contributed by atoms with E-state index in [0.29, 0.717) is 29.4 Å². The van der Waals surface area contributed by atoms with Gasteiger partial charge in [0, 0.05) is 31.6 Å². The molecule has 45 heavy (non-hydrogen) atoms. The number of carbonyl (C=O) groups is 2. The fraction of sp³-hybridized carbons (Fsp3) is 0.459. The Morgan fingerprint density at radius 3 is 2.53 bits per heavy atom. The fourth-order valence-corrected chi connectivity index (χ4v) is 7.96. The molecule has 1 atom stereocenters. The summed E-state index contributed by atoms with van der Waals surface area (Å²) in [7, 11) is 0. The molecule has 2 amide bonds. The zero-order valence-corrected chi connectivity index (χ0v) is 27.8. The van der Waals surface area contributed by atoms with Crippen LogP contribution in [-0.2, 0) is 33.4 Å². The van der Waals surface area contributed by atoms with E-state index < -0.39 is 0 Å². The second-order valence-corrected chi connectivity index (χ2v) is 14.2. The highest BCUT2D eigenvalue weighted by Gasteiger charge is 2.43. The molecule has 3 aliphatic rings. The molecular formula is C37H43Cl2N3O3. The lowest BCUT2D eigenvalue weighted by atomic mass is 9.71. The van der Waals surface area contributed by atoms with Gasteiger partial charge in [-0.3, -0.25) is 9.59 Å². The Bertz CT molecular complexity index is 1550. The summed E-state index contributed by atoms with van der Waals surface area (Å²) >= 11 is 12.9. The van der Waals surface area contributed by atoms with Crippen molar-refractivity contribution in [3.63, 3.8) is 0 Å². The monoisotopic (exact) mass is 647 g/mol. The fourth-order valence-electron chi connectivity index (χ4n) is 7.66. The van der Waals surface area contributed by atoms with Gasteiger partial charge in [-0.15, -0.1) is 0 Å². The number of nitrogens with zero attached hydrogens (tertiary/aromatic N) is 2. The van der Waals surface area contributed by atoms with Crippen LogP contribution in [0.2, 0.25) is 10.0 Å². The third-order valence-electron chi connectivity index (χ3n) is 9.97. The van der Waals surface area contributed by atoms with Crippen molar-refractivity contribution in [2.24, 2.45) is 0 Å². The van der Waals surface area contributed by atoms with Gasteiger partial charge in [-0.05, 0) is 99.0 Å². The number of ether oxygens (including phenoxy) is 1. The van der Waals surface area contributed by atoms with Crippen molar-refractivity contribution in [3.8, 4) is 5.75 Å². The molecule has 3 heterocycles. The number of piperidine rings is 2. The maximum atomic E-state index is 13.7. The lowest BCUT2D eigenvalue weighted by molar-refractivity contribution is -0.133. The van der Waals surface area contributed by atoms with Crippen LogP contribution in [-0.4, -0.2) is 60.4 Å². The number of hydrogen-bond acceptors (Lipinski definition) is 4. The van der Waals surface area contributed by atoms with Crippen LogP contribution in [0, 0.1) is 0 Å². The molecule has 1 unspecified atom stereocenters. The highest BCUT2D eigenvalue weighted by Crippen LogP contribution is 2.42. The number of carbonyl (C=O) groups excluding carboxylic acids is 2. The first-order chi connectivity index (χ1) is 21.6. The summed E-state index contributed by atoms with van der Waals surface area (Å²) in [5.41, 5.74) is 4.02. The van der Waals surface area contributed by atoms with Gasteiger partial charge in [0.05, 0.1) is 34.5 Å². The van der Waals surface area contributed by atoms with E-state index in [0.717, 1.165) is 80.7 Å². The molecule has 238 valence electrons. The predicted octanol–water partition coefficient (Wildman–Crippen LogP) is 6.94. The van der Waals surface area contributed by atoms with Gasteiger partial charge in [-0.2, -0.15) is 0 Å². The molecule has 0 radical (unpaired) electrons. The minimum absolute atomic E-state index is 0.0764. The molecule has 0 aliphatic carbocycles. The number of rotatable bonds is 8. The van der Waals surface area contributed by atoms with Crippen LogP contribution in [0.25, 0.3) is 0 Å². The van der Waals surface area contributed by atoms with E-state index in [1.54, 1.807) is 0 Å². The Labute approximate surface area is 277 Å². The van der Waals surface area contributed by atoms with Crippen molar-refractivity contribution in [3.05, 3.63) is 99.0 Å². The molecule has 0 saturated carbocycles. The number of likely N-dealkylation sites (tertiary alicyclic amines) is 2. The van der Waals surface area contributed by atoms with Gasteiger partial charge >= 0.3 is 0 Å². The standard InChI is InChI=1S/C37H43Cl2N3O3/c1-26(2)45-30-9-5-7-27(21-30)22-35(44)42-17-6-13-36(25-42,29-11-12-32(38)33(39)24-29)14-18-41-19-15-37(16-20-41)31-10-4-3-8-28(31)23-34(43)40-37/h3-5,7-12,21,24,26H,6,13-20,22-23,25H2,1-2H3,(H,40,43). The van der Waals surface area contributed by atoms with Gasteiger partial charge in [0.15, 0.2) is 0 Å². The smallest absolute Gasteiger partial charge is 0.227 e. The number of hydrogen-bond donors (Lipinski definition) is 1. The number of amides is 2. The van der Waals surface area contributed by atoms with Crippen LogP contribution in [0.15, 0.2) is 66.7 Å². The Kier molecular flexibility index (Phi) is 9.47. The van der Waals surface area contributed by atoms with Crippen molar-refractivity contribution in [1.29, 1.82) is 0 Å². The van der Waals surface area contributed by atoms with Crippen LogP contribution in [0.3, 0.4) is 0 Å². The summed E-state index contributed by atoms with van der Waals surface area (Å²) in [4.78, 5) is 30.9. The molecule has 2 saturated heterocycles. The average molecular weight is 649 g/mol. The predicted molar refractivity (Wildman–Crippen MR) is 180 cm³/mol. The third-order valence-corrected chi connectivity index (χ3v) is 10.7. The Morgan fingerprint density at radius 1 is 0.956 bits per heavy atom. The summed E-state index contributed by atoms with van der Waals surface area (Å²) in [5, 5.41) is 4.45. The number of halogens is 2. The summed E-state index contributed by atoms with van der Waals surface area (Å²) < 4.78 is 5.87. The Balaban J connectivity index is 1.17. The number of fused-ring (bicyclic) bond motifs is 2. The van der Waals surface area contributed by atoms with Crippen molar-refractivity contribution >= 4 is 35.0 Å². The van der Waals surface area contributed by atoms with Crippen molar-refractivity contribution in [2.75, 3.05) is 32.7 Å². The van der Waals surface area contributed by atoms with Crippen LogP contribution in [0.1, 0.15) is 68.2 Å². The molecule has 0 aromatic heterocycles. The van der Waals surface area contributed by atoms with Gasteiger partial charge in [-0.1, -0.05) is 65.7 Å². The normalized spacial score (nSPS) is 21.4. The zero-order chi connectivity index (χ0) is 31.6. The molecule has 8 heteroatoms. The molecule has 2 fully saturated rings. The van der Waals surface area contributed by atoms with Gasteiger partial charge < -0.3 is 19.9 Å². The summed E-state index contributed by atoms with van der Waals surface area (Å²) in [6.07, 6.45) is 5.46. The maximum Gasteiger partial charge on any atom is 0.227 e. The van der Waals surface area contributed by atoms with E-state index >= 15 is 0 Å². The SMILES string of the molecule is CC(C)Oc1cccc(CC(=O)N2CCCC(CCN3CCC4(CC3)NC(=O)Cc3ccccc34)(c3ccc(Cl)c(Cl)c3)C2)c1. The first-order valence-corrected chi connectivity index (χ1v) is 17.0. The lowest BCUT2D eigenvalue weighted by Crippen LogP contribution is -2.56. The van der Waals surface area contributed by atoms with E-state index in [2.05, 4.69) is 34.5 Å². The highest BCUT2D eigenvalue weighted by atomic mass is 35.5. The molecule has 6 nitrogen and oxygen atoms in total. The van der Waals surface area contributed by atoms with Crippen molar-refractivity contribution in [2.45, 2.75) is 75.9 Å². The molecule has 0 bridgehead atoms. The Hall–Kier alpha value is -3.06. The van der Waals surface area contributed by atoms with Crippen LogP contribution in [0.5, 0.6) is 5.75 Å². The quantitative estimate of drug-likeness (QED) is 0.288. The molecule has 3 aliphatic heterocycles. The van der Waals surface area contributed by atoms with E-state index in [-0.39, 0.29) is 28.9 Å². The maximum absolute atomic E-state index is 13.7. The van der Waals surface area contributed by atoms with Gasteiger partial charge in [0.1, 0.15) is 5.75 Å². The van der Waals surface area contributed by atoms with Crippen LogP contribution >= 0.6 is 23.2 Å². The molecular weight excluding hydrogens is 605 g/mol. The summed E-state index contributed by atoms with van der Waals surface area (Å²) in [6.45, 7) is 8.12. The second kappa shape index (κ2) is 13.4. The minimum Gasteiger partial charge on any atom is -0.491 e. The molecule has 1 N–H and O–H groups in total. The van der Waals surface area contributed by atoms with Crippen LogP contribution in [0.4, 0.5) is 0 Å². The molecule has 3 aromatic carbocycles. The lowest BCUT2D eigenvalue weighted by Gasteiger charge is -2.47. The average Bonchev–Trinajstić information content (AvgIpc) is 3.02. The van der Waals surface area contributed by atoms with Crippen LogP contribution < -0.4 is 10.1 Å². The zero-order valence-electron chi connectivity index (χ0n) is 26.3. The number of nitrogens with one attached hydrogen (secondary N) is 1. The van der Waals surface area contributed by atoms with Gasteiger partial charge in [-0.25, -0.2) is 0 Å². The summed E-state index contributed by atoms with van der Waals surface area (Å²) in [5.74, 6) is 1.04. The second-order valence-electron chi connectivity index (χ2n) is 13.4. The largest absolute Gasteiger partial charge is 0.491 e. The highest BCUT2D eigenvalue weighted by molar-refractivity contribution is 6.42. The minimum atomic E-state index is -0.282. The molecule has 1 spiro atoms. The van der Waals surface area contributed by atoms with E-state index in [1.165, 1.54) is 5.56 Å². The molecule has 3 aromatic rings. The van der Waals surface area contributed by atoms with Crippen molar-refractivity contribution in [1.82, 2.24) is 15.1 Å².